The van der Waals surface area contributed by atoms with Gasteiger partial charge in [-0.2, -0.15) is 0 Å². The number of carboxylic acids is 1. The molecule has 0 unspecified atom stereocenters. The lowest BCUT2D eigenvalue weighted by molar-refractivity contribution is -0.135. The minimum absolute atomic E-state index is 0.0500. The average molecular weight is 234 g/mol. The molecule has 88 valence electrons. The van der Waals surface area contributed by atoms with Crippen LogP contribution < -0.4 is 0 Å². The van der Waals surface area contributed by atoms with Crippen LogP contribution in [0.3, 0.4) is 0 Å². The molecule has 0 spiro atoms. The fourth-order valence-electron chi connectivity index (χ4n) is 1.02. The average Bonchev–Trinajstić information content (AvgIpc) is 2.29. The van der Waals surface area contributed by atoms with E-state index < -0.39 is 11.7 Å². The summed E-state index contributed by atoms with van der Waals surface area (Å²) in [7, 11) is 0. The van der Waals surface area contributed by atoms with E-state index in [1.54, 1.807) is 0 Å². The van der Waals surface area contributed by atoms with Crippen LogP contribution in [-0.2, 0) is 4.79 Å². The first-order valence-electron chi connectivity index (χ1n) is 4.64. The SMILES string of the molecule is O=C(O)C(O)=CC=CC(=O)c1ccc(O)cc1. The van der Waals surface area contributed by atoms with E-state index in [-0.39, 0.29) is 11.5 Å². The van der Waals surface area contributed by atoms with E-state index in [4.69, 9.17) is 15.3 Å². The third-order valence-corrected chi connectivity index (χ3v) is 1.87. The van der Waals surface area contributed by atoms with Gasteiger partial charge in [-0.25, -0.2) is 4.79 Å². The van der Waals surface area contributed by atoms with Crippen LogP contribution in [0, 0.1) is 0 Å². The zero-order valence-corrected chi connectivity index (χ0v) is 8.70. The number of phenolic OH excluding ortho intramolecular Hbond substituents is 1. The number of carbonyl (C=O) groups is 2. The van der Waals surface area contributed by atoms with Gasteiger partial charge in [0.05, 0.1) is 0 Å². The number of phenols is 1. The molecular formula is C12H10O5. The molecule has 0 saturated carbocycles. The van der Waals surface area contributed by atoms with Gasteiger partial charge in [-0.3, -0.25) is 4.79 Å². The second-order valence-corrected chi connectivity index (χ2v) is 3.13. The Morgan fingerprint density at radius 2 is 1.65 bits per heavy atom. The third-order valence-electron chi connectivity index (χ3n) is 1.87. The summed E-state index contributed by atoms with van der Waals surface area (Å²) < 4.78 is 0. The van der Waals surface area contributed by atoms with Crippen LogP contribution >= 0.6 is 0 Å². The lowest BCUT2D eigenvalue weighted by Gasteiger charge is -1.95. The molecule has 5 heteroatoms. The summed E-state index contributed by atoms with van der Waals surface area (Å²) >= 11 is 0. The summed E-state index contributed by atoms with van der Waals surface area (Å²) in [5.74, 6) is -2.63. The van der Waals surface area contributed by atoms with E-state index >= 15 is 0 Å². The minimum atomic E-state index is -1.47. The second kappa shape index (κ2) is 5.50. The molecule has 0 heterocycles. The van der Waals surface area contributed by atoms with Crippen molar-refractivity contribution in [2.75, 3.05) is 0 Å². The van der Waals surface area contributed by atoms with Crippen LogP contribution in [0.25, 0.3) is 0 Å². The van der Waals surface area contributed by atoms with Gasteiger partial charge in [-0.05, 0) is 36.4 Å². The Balaban J connectivity index is 2.73. The highest BCUT2D eigenvalue weighted by molar-refractivity contribution is 6.04. The topological polar surface area (TPSA) is 94.8 Å². The van der Waals surface area contributed by atoms with Gasteiger partial charge in [0.25, 0.3) is 0 Å². The van der Waals surface area contributed by atoms with Crippen molar-refractivity contribution in [3.05, 3.63) is 53.8 Å². The number of hydrogen-bond acceptors (Lipinski definition) is 4. The van der Waals surface area contributed by atoms with E-state index in [0.717, 1.165) is 18.2 Å². The number of hydrogen-bond donors (Lipinski definition) is 3. The molecule has 0 amide bonds. The number of benzene rings is 1. The summed E-state index contributed by atoms with van der Waals surface area (Å²) in [4.78, 5) is 21.7. The lowest BCUT2D eigenvalue weighted by Crippen LogP contribution is -1.98. The standard InChI is InChI=1S/C12H10O5/c13-9-6-4-8(5-7-9)10(14)2-1-3-11(15)12(16)17/h1-7,13,15H,(H,16,17). The van der Waals surface area contributed by atoms with Crippen molar-refractivity contribution in [1.29, 1.82) is 0 Å². The maximum atomic E-state index is 11.5. The molecule has 3 N–H and O–H groups in total. The molecule has 0 bridgehead atoms. The van der Waals surface area contributed by atoms with E-state index in [2.05, 4.69) is 0 Å². The molecular weight excluding hydrogens is 224 g/mol. The molecule has 1 aromatic rings. The smallest absolute Gasteiger partial charge is 0.370 e. The number of aromatic hydroxyl groups is 1. The lowest BCUT2D eigenvalue weighted by atomic mass is 10.1. The predicted molar refractivity (Wildman–Crippen MR) is 59.9 cm³/mol. The van der Waals surface area contributed by atoms with Crippen molar-refractivity contribution >= 4 is 11.8 Å². The zero-order valence-electron chi connectivity index (χ0n) is 8.70. The van der Waals surface area contributed by atoms with Gasteiger partial charge in [0.1, 0.15) is 5.75 Å². The fourth-order valence-corrected chi connectivity index (χ4v) is 1.02. The number of carboxylic acid groups (broad SMARTS) is 1. The van der Waals surface area contributed by atoms with Crippen molar-refractivity contribution in [2.45, 2.75) is 0 Å². The minimum Gasteiger partial charge on any atom is -0.508 e. The Morgan fingerprint density at radius 1 is 1.06 bits per heavy atom. The molecule has 1 rings (SSSR count). The first-order valence-corrected chi connectivity index (χ1v) is 4.64. The van der Waals surface area contributed by atoms with Crippen LogP contribution in [0.5, 0.6) is 5.75 Å². The van der Waals surface area contributed by atoms with Crippen LogP contribution in [0.2, 0.25) is 0 Å². The molecule has 0 aromatic heterocycles. The Morgan fingerprint density at radius 3 is 2.18 bits per heavy atom. The van der Waals surface area contributed by atoms with Gasteiger partial charge < -0.3 is 15.3 Å². The summed E-state index contributed by atoms with van der Waals surface area (Å²) in [5, 5.41) is 26.2. The molecule has 1 aromatic carbocycles. The summed E-state index contributed by atoms with van der Waals surface area (Å²) in [6, 6.07) is 5.60. The van der Waals surface area contributed by atoms with E-state index in [1.165, 1.54) is 24.3 Å². The normalized spacial score (nSPS) is 11.6. The Hall–Kier alpha value is -2.56. The monoisotopic (exact) mass is 234 g/mol. The Bertz CT molecular complexity index is 482. The molecule has 0 aliphatic carbocycles. The van der Waals surface area contributed by atoms with E-state index in [9.17, 15) is 9.59 Å². The maximum absolute atomic E-state index is 11.5. The van der Waals surface area contributed by atoms with Gasteiger partial charge in [0.2, 0.25) is 5.76 Å². The van der Waals surface area contributed by atoms with Crippen molar-refractivity contribution < 1.29 is 24.9 Å². The predicted octanol–water partition coefficient (Wildman–Crippen LogP) is 1.66. The van der Waals surface area contributed by atoms with Crippen LogP contribution in [0.1, 0.15) is 10.4 Å². The molecule has 5 nitrogen and oxygen atoms in total. The number of aliphatic carboxylic acids is 1. The number of aliphatic hydroxyl groups is 1. The highest BCUT2D eigenvalue weighted by Gasteiger charge is 2.02. The third kappa shape index (κ3) is 3.83. The summed E-state index contributed by atoms with van der Waals surface area (Å²) in [6.07, 6.45) is 3.16. The number of aliphatic hydroxyl groups excluding tert-OH is 1. The fraction of sp³-hybridized carbons (Fsp3) is 0. The molecule has 0 aliphatic rings. The quantitative estimate of drug-likeness (QED) is 0.318. The second-order valence-electron chi connectivity index (χ2n) is 3.13. The first kappa shape index (κ1) is 12.5. The largest absolute Gasteiger partial charge is 0.508 e. The number of ketones is 1. The Kier molecular flexibility index (Phi) is 4.05. The van der Waals surface area contributed by atoms with Crippen molar-refractivity contribution in [3.63, 3.8) is 0 Å². The summed E-state index contributed by atoms with van der Waals surface area (Å²) in [5.41, 5.74) is 0.349. The molecule has 17 heavy (non-hydrogen) atoms. The van der Waals surface area contributed by atoms with Gasteiger partial charge in [-0.15, -0.1) is 0 Å². The highest BCUT2D eigenvalue weighted by atomic mass is 16.4. The van der Waals surface area contributed by atoms with Gasteiger partial charge in [-0.1, -0.05) is 6.08 Å². The van der Waals surface area contributed by atoms with E-state index in [0.29, 0.717) is 5.56 Å². The molecule has 0 atom stereocenters. The molecule has 0 saturated heterocycles. The highest BCUT2D eigenvalue weighted by Crippen LogP contribution is 2.10. The first-order chi connectivity index (χ1) is 8.00. The van der Waals surface area contributed by atoms with Gasteiger partial charge in [0.15, 0.2) is 5.78 Å². The number of carbonyl (C=O) groups excluding carboxylic acids is 1. The Labute approximate surface area is 96.9 Å². The number of rotatable bonds is 4. The van der Waals surface area contributed by atoms with Gasteiger partial charge >= 0.3 is 5.97 Å². The van der Waals surface area contributed by atoms with E-state index in [1.807, 2.05) is 0 Å². The molecule has 0 aliphatic heterocycles. The number of allylic oxidation sites excluding steroid dienone is 3. The van der Waals surface area contributed by atoms with Crippen LogP contribution in [-0.4, -0.2) is 27.1 Å². The molecule has 0 radical (unpaired) electrons. The van der Waals surface area contributed by atoms with Crippen molar-refractivity contribution in [3.8, 4) is 5.75 Å². The summed E-state index contributed by atoms with van der Waals surface area (Å²) in [6.45, 7) is 0. The van der Waals surface area contributed by atoms with Crippen LogP contribution in [0.15, 0.2) is 48.3 Å². The molecule has 0 fully saturated rings. The maximum Gasteiger partial charge on any atom is 0.370 e. The van der Waals surface area contributed by atoms with Gasteiger partial charge in [0, 0.05) is 5.56 Å². The van der Waals surface area contributed by atoms with Crippen molar-refractivity contribution in [1.82, 2.24) is 0 Å². The van der Waals surface area contributed by atoms with Crippen molar-refractivity contribution in [2.24, 2.45) is 0 Å². The zero-order chi connectivity index (χ0) is 12.8. The van der Waals surface area contributed by atoms with Crippen LogP contribution in [0.4, 0.5) is 0 Å².